The van der Waals surface area contributed by atoms with Crippen molar-refractivity contribution in [1.82, 2.24) is 25.6 Å². The van der Waals surface area contributed by atoms with E-state index in [9.17, 15) is 8.78 Å². The molecule has 3 fully saturated rings. The molecule has 2 aromatic rings. The summed E-state index contributed by atoms with van der Waals surface area (Å²) in [5, 5.41) is 15.0. The molecule has 3 N–H and O–H groups in total. The normalized spacial score (nSPS) is 24.4. The van der Waals surface area contributed by atoms with Crippen LogP contribution in [0.2, 0.25) is 0 Å². The first-order valence-electron chi connectivity index (χ1n) is 12.2. The van der Waals surface area contributed by atoms with E-state index in [1.165, 1.54) is 18.5 Å². The zero-order valence-corrected chi connectivity index (χ0v) is 20.6. The lowest BCUT2D eigenvalue weighted by molar-refractivity contribution is -0.0924. The highest BCUT2D eigenvalue weighted by atomic mass is 19.3. The summed E-state index contributed by atoms with van der Waals surface area (Å²) in [6.45, 7) is -0.343. The van der Waals surface area contributed by atoms with Crippen molar-refractivity contribution < 1.29 is 18.3 Å². The average Bonchev–Trinajstić information content (AvgIpc) is 3.37. The van der Waals surface area contributed by atoms with Crippen LogP contribution in [-0.4, -0.2) is 65.8 Å². The molecule has 0 aliphatic carbocycles. The molecule has 0 amide bonds. The van der Waals surface area contributed by atoms with E-state index in [4.69, 9.17) is 15.1 Å². The van der Waals surface area contributed by atoms with Crippen LogP contribution >= 0.6 is 0 Å². The number of ether oxygens (including phenoxy) is 2. The van der Waals surface area contributed by atoms with E-state index in [1.807, 2.05) is 24.4 Å². The van der Waals surface area contributed by atoms with Crippen molar-refractivity contribution >= 4 is 23.4 Å². The molecule has 0 aromatic carbocycles. The number of piperidine rings is 1. The number of dihydropyridines is 1. The molecule has 3 saturated heterocycles. The maximum atomic E-state index is 12.9. The first-order chi connectivity index (χ1) is 18.5. The van der Waals surface area contributed by atoms with E-state index >= 15 is 0 Å². The average molecular weight is 521 g/mol. The van der Waals surface area contributed by atoms with Crippen LogP contribution in [0.15, 0.2) is 71.1 Å². The molecule has 0 radical (unpaired) electrons. The molecule has 196 valence electrons. The third-order valence-electron chi connectivity index (χ3n) is 7.15. The molecule has 7 rings (SSSR count). The number of amidine groups is 1. The van der Waals surface area contributed by atoms with Gasteiger partial charge in [-0.3, -0.25) is 15.7 Å². The third-order valence-corrected chi connectivity index (χ3v) is 7.15. The maximum Gasteiger partial charge on any atom is 0.387 e. The van der Waals surface area contributed by atoms with Gasteiger partial charge >= 0.3 is 6.61 Å². The second kappa shape index (κ2) is 9.86. The topological polar surface area (TPSA) is 111 Å². The van der Waals surface area contributed by atoms with Crippen LogP contribution in [0.3, 0.4) is 0 Å². The zero-order valence-electron chi connectivity index (χ0n) is 20.6. The van der Waals surface area contributed by atoms with Crippen molar-refractivity contribution in [3.63, 3.8) is 0 Å². The van der Waals surface area contributed by atoms with Crippen LogP contribution in [0.5, 0.6) is 5.88 Å². The number of nitrogens with zero attached hydrogens (tertiary/aromatic N) is 5. The summed E-state index contributed by atoms with van der Waals surface area (Å²) in [4.78, 5) is 13.8. The van der Waals surface area contributed by atoms with Gasteiger partial charge in [-0.1, -0.05) is 6.07 Å². The van der Waals surface area contributed by atoms with Crippen molar-refractivity contribution in [3.8, 4) is 5.88 Å². The molecule has 2 atom stereocenters. The van der Waals surface area contributed by atoms with E-state index < -0.39 is 6.61 Å². The highest BCUT2D eigenvalue weighted by Gasteiger charge is 2.44. The number of aromatic nitrogens is 2. The van der Waals surface area contributed by atoms with Crippen molar-refractivity contribution in [3.05, 3.63) is 77.1 Å². The summed E-state index contributed by atoms with van der Waals surface area (Å²) in [5.74, 6) is 1.57. The Bertz CT molecular complexity index is 1340. The number of rotatable bonds is 7. The molecule has 12 heteroatoms. The molecule has 5 aliphatic rings. The maximum absolute atomic E-state index is 12.9. The minimum absolute atomic E-state index is 0.0129. The Morgan fingerprint density at radius 3 is 2.61 bits per heavy atom. The minimum atomic E-state index is -2.95. The molecule has 5 aliphatic heterocycles. The molecule has 2 bridgehead atoms. The first-order valence-corrected chi connectivity index (χ1v) is 12.2. The first kappa shape index (κ1) is 24.0. The van der Waals surface area contributed by atoms with E-state index in [2.05, 4.69) is 41.4 Å². The van der Waals surface area contributed by atoms with Gasteiger partial charge in [-0.2, -0.15) is 13.9 Å². The lowest BCUT2D eigenvalue weighted by atomic mass is 9.87. The van der Waals surface area contributed by atoms with Gasteiger partial charge in [0.1, 0.15) is 17.4 Å². The van der Waals surface area contributed by atoms with Crippen LogP contribution in [0, 0.1) is 5.41 Å². The SMILES string of the molecule is COc1ccc(CN2C3CC2CN(c2ccc(C4=CC(OC(F)F)=CN/C4=C4/C=NNC4=N)cn2)C3)cn1. The highest BCUT2D eigenvalue weighted by Crippen LogP contribution is 2.36. The molecule has 10 nitrogen and oxygen atoms in total. The summed E-state index contributed by atoms with van der Waals surface area (Å²) in [7, 11) is 1.61. The zero-order chi connectivity index (χ0) is 26.2. The number of hydrogen-bond donors (Lipinski definition) is 3. The van der Waals surface area contributed by atoms with Gasteiger partial charge in [-0.15, -0.1) is 0 Å². The molecule has 38 heavy (non-hydrogen) atoms. The van der Waals surface area contributed by atoms with Gasteiger partial charge in [0.15, 0.2) is 0 Å². The number of alkyl halides is 2. The summed E-state index contributed by atoms with van der Waals surface area (Å²) in [6, 6.07) is 8.68. The fraction of sp³-hybridized carbons (Fsp3) is 0.308. The summed E-state index contributed by atoms with van der Waals surface area (Å²) in [6.07, 6.45) is 9.12. The summed E-state index contributed by atoms with van der Waals surface area (Å²) >= 11 is 0. The van der Waals surface area contributed by atoms with Gasteiger partial charge in [0, 0.05) is 67.5 Å². The standard InChI is InChI=1S/C26H26F2N8O2/c1-37-23-5-2-15(8-31-23)12-36-17-6-18(36)14-35(13-17)22-4-3-16(9-30-22)20-7-19(38-26(27)28)10-32-24(20)21-11-33-34-25(21)29/h2-5,7-11,17-18,26,32H,6,12-14H2,1H3,(H2,29,34)/b24-21-. The number of halogens is 2. The fourth-order valence-electron chi connectivity index (χ4n) is 5.28. The Hall–Kier alpha value is -4.32. The highest BCUT2D eigenvalue weighted by molar-refractivity contribution is 6.19. The van der Waals surface area contributed by atoms with Gasteiger partial charge in [-0.25, -0.2) is 9.97 Å². The Balaban J connectivity index is 1.17. The smallest absolute Gasteiger partial charge is 0.387 e. The van der Waals surface area contributed by atoms with E-state index in [0.29, 0.717) is 40.4 Å². The molecule has 0 spiro atoms. The Kier molecular flexibility index (Phi) is 6.24. The predicted octanol–water partition coefficient (Wildman–Crippen LogP) is 2.84. The van der Waals surface area contributed by atoms with Crippen molar-refractivity contribution in [2.75, 3.05) is 25.1 Å². The van der Waals surface area contributed by atoms with Gasteiger partial charge < -0.3 is 19.7 Å². The number of allylic oxidation sites excluding steroid dienone is 2. The third kappa shape index (κ3) is 4.58. The van der Waals surface area contributed by atoms with Crippen LogP contribution in [0.4, 0.5) is 14.6 Å². The number of hydrazone groups is 1. The number of pyridine rings is 2. The lowest BCUT2D eigenvalue weighted by Gasteiger charge is -2.56. The monoisotopic (exact) mass is 520 g/mol. The van der Waals surface area contributed by atoms with Crippen molar-refractivity contribution in [1.29, 1.82) is 5.41 Å². The van der Waals surface area contributed by atoms with Crippen LogP contribution in [0.1, 0.15) is 17.5 Å². The van der Waals surface area contributed by atoms with Crippen molar-refractivity contribution in [2.24, 2.45) is 5.10 Å². The fourth-order valence-corrected chi connectivity index (χ4v) is 5.28. The van der Waals surface area contributed by atoms with Crippen LogP contribution in [0.25, 0.3) is 5.57 Å². The molecule has 2 aromatic heterocycles. The number of hydrogen-bond acceptors (Lipinski definition) is 9. The van der Waals surface area contributed by atoms with E-state index in [1.54, 1.807) is 13.3 Å². The molecular weight excluding hydrogens is 494 g/mol. The number of methoxy groups -OCH3 is 1. The Morgan fingerprint density at radius 2 is 1.97 bits per heavy atom. The number of fused-ring (bicyclic) bond motifs is 2. The van der Waals surface area contributed by atoms with E-state index in [-0.39, 0.29) is 11.6 Å². The van der Waals surface area contributed by atoms with Crippen LogP contribution < -0.4 is 20.4 Å². The van der Waals surface area contributed by atoms with Crippen molar-refractivity contribution in [2.45, 2.75) is 31.7 Å². The van der Waals surface area contributed by atoms with Gasteiger partial charge in [0.25, 0.3) is 0 Å². The van der Waals surface area contributed by atoms with Gasteiger partial charge in [0.2, 0.25) is 5.88 Å². The minimum Gasteiger partial charge on any atom is -0.481 e. The number of anilines is 1. The Labute approximate surface area is 217 Å². The summed E-state index contributed by atoms with van der Waals surface area (Å²) < 4.78 is 35.5. The lowest BCUT2D eigenvalue weighted by Crippen LogP contribution is -2.68. The quantitative estimate of drug-likeness (QED) is 0.511. The summed E-state index contributed by atoms with van der Waals surface area (Å²) in [5.41, 5.74) is 6.10. The number of nitrogens with one attached hydrogen (secondary N) is 3. The molecular formula is C26H26F2N8O2. The van der Waals surface area contributed by atoms with Gasteiger partial charge in [0.05, 0.1) is 24.6 Å². The Morgan fingerprint density at radius 1 is 1.13 bits per heavy atom. The second-order valence-corrected chi connectivity index (χ2v) is 9.40. The largest absolute Gasteiger partial charge is 0.481 e. The number of piperazine rings is 1. The predicted molar refractivity (Wildman–Crippen MR) is 138 cm³/mol. The molecule has 7 heterocycles. The van der Waals surface area contributed by atoms with Gasteiger partial charge in [-0.05, 0) is 30.2 Å². The molecule has 2 unspecified atom stereocenters. The van der Waals surface area contributed by atoms with Crippen LogP contribution in [-0.2, 0) is 11.3 Å². The molecule has 0 saturated carbocycles. The van der Waals surface area contributed by atoms with E-state index in [0.717, 1.165) is 37.4 Å². The second-order valence-electron chi connectivity index (χ2n) is 9.40.